The predicted octanol–water partition coefficient (Wildman–Crippen LogP) is 1.89. The zero-order valence-electron chi connectivity index (χ0n) is 9.99. The van der Waals surface area contributed by atoms with Gasteiger partial charge in [0.2, 0.25) is 5.91 Å². The zero-order chi connectivity index (χ0) is 11.7. The number of halogens is 1. The van der Waals surface area contributed by atoms with E-state index in [4.69, 9.17) is 16.3 Å². The fraction of sp³-hybridized carbons (Fsp3) is 0.917. The minimum atomic E-state index is 0.00761. The lowest BCUT2D eigenvalue weighted by molar-refractivity contribution is -0.147. The van der Waals surface area contributed by atoms with Gasteiger partial charge in [0.1, 0.15) is 0 Å². The van der Waals surface area contributed by atoms with Crippen molar-refractivity contribution in [2.75, 3.05) is 19.0 Å². The molecule has 0 aromatic carbocycles. The molecule has 2 fully saturated rings. The molecule has 1 aliphatic heterocycles. The quantitative estimate of drug-likeness (QED) is 0.711. The highest BCUT2D eigenvalue weighted by Gasteiger charge is 2.38. The van der Waals surface area contributed by atoms with Crippen molar-refractivity contribution in [3.8, 4) is 0 Å². The van der Waals surface area contributed by atoms with E-state index in [9.17, 15) is 4.79 Å². The fourth-order valence-electron chi connectivity index (χ4n) is 2.28. The van der Waals surface area contributed by atoms with Gasteiger partial charge in [-0.25, -0.2) is 0 Å². The third kappa shape index (κ3) is 2.51. The van der Waals surface area contributed by atoms with Crippen LogP contribution in [0.2, 0.25) is 0 Å². The number of hydrogen-bond acceptors (Lipinski definition) is 2. The van der Waals surface area contributed by atoms with E-state index >= 15 is 0 Å². The molecule has 3 unspecified atom stereocenters. The van der Waals surface area contributed by atoms with Crippen LogP contribution >= 0.6 is 11.6 Å². The Morgan fingerprint density at radius 3 is 2.81 bits per heavy atom. The van der Waals surface area contributed by atoms with Crippen LogP contribution in [-0.2, 0) is 9.53 Å². The van der Waals surface area contributed by atoms with Gasteiger partial charge >= 0.3 is 0 Å². The molecule has 3 nitrogen and oxygen atoms in total. The second-order valence-electron chi connectivity index (χ2n) is 5.08. The van der Waals surface area contributed by atoms with E-state index in [2.05, 4.69) is 6.92 Å². The van der Waals surface area contributed by atoms with Gasteiger partial charge in [0.05, 0.1) is 24.6 Å². The molecule has 1 amide bonds. The van der Waals surface area contributed by atoms with Crippen LogP contribution in [0.3, 0.4) is 0 Å². The molecular weight excluding hydrogens is 226 g/mol. The van der Waals surface area contributed by atoms with Crippen molar-refractivity contribution in [3.63, 3.8) is 0 Å². The number of amides is 1. The molecule has 1 saturated carbocycles. The minimum Gasteiger partial charge on any atom is -0.373 e. The summed E-state index contributed by atoms with van der Waals surface area (Å²) in [5.41, 5.74) is 0. The second kappa shape index (κ2) is 4.92. The summed E-state index contributed by atoms with van der Waals surface area (Å²) in [6.07, 6.45) is 2.43. The van der Waals surface area contributed by atoms with Crippen molar-refractivity contribution in [2.45, 2.75) is 38.8 Å². The molecule has 3 atom stereocenters. The molecule has 2 aliphatic rings. The monoisotopic (exact) mass is 245 g/mol. The lowest BCUT2D eigenvalue weighted by atomic mass is 10.0. The van der Waals surface area contributed by atoms with Crippen LogP contribution in [0.15, 0.2) is 0 Å². The summed E-state index contributed by atoms with van der Waals surface area (Å²) < 4.78 is 5.55. The zero-order valence-corrected chi connectivity index (χ0v) is 10.7. The summed E-state index contributed by atoms with van der Waals surface area (Å²) in [7, 11) is 0. The first-order valence-corrected chi connectivity index (χ1v) is 6.65. The van der Waals surface area contributed by atoms with Gasteiger partial charge in [-0.3, -0.25) is 4.79 Å². The van der Waals surface area contributed by atoms with Crippen molar-refractivity contribution >= 4 is 17.5 Å². The molecule has 1 heterocycles. The average molecular weight is 246 g/mol. The SMILES string of the molecule is CC(C(=O)N1CC(CCl)OCC1C)C1CC1. The van der Waals surface area contributed by atoms with Crippen LogP contribution in [-0.4, -0.2) is 42.0 Å². The van der Waals surface area contributed by atoms with E-state index in [1.54, 1.807) is 0 Å². The molecule has 4 heteroatoms. The third-order valence-electron chi connectivity index (χ3n) is 3.68. The van der Waals surface area contributed by atoms with Gasteiger partial charge in [-0.1, -0.05) is 6.92 Å². The molecule has 0 radical (unpaired) electrons. The van der Waals surface area contributed by atoms with Gasteiger partial charge in [-0.05, 0) is 25.7 Å². The maximum Gasteiger partial charge on any atom is 0.226 e. The third-order valence-corrected chi connectivity index (χ3v) is 4.02. The van der Waals surface area contributed by atoms with E-state index in [-0.39, 0.29) is 24.0 Å². The molecule has 0 bridgehead atoms. The average Bonchev–Trinajstić information content (AvgIpc) is 3.12. The van der Waals surface area contributed by atoms with Gasteiger partial charge in [0.25, 0.3) is 0 Å². The normalized spacial score (nSPS) is 32.6. The number of carbonyl (C=O) groups excluding carboxylic acids is 1. The first kappa shape index (κ1) is 12.2. The molecule has 92 valence electrons. The number of morpholine rings is 1. The molecule has 0 spiro atoms. The first-order valence-electron chi connectivity index (χ1n) is 6.11. The summed E-state index contributed by atoms with van der Waals surface area (Å²) >= 11 is 5.79. The Kier molecular flexibility index (Phi) is 3.75. The van der Waals surface area contributed by atoms with Crippen LogP contribution in [0.25, 0.3) is 0 Å². The Bertz CT molecular complexity index is 268. The number of carbonyl (C=O) groups is 1. The lowest BCUT2D eigenvalue weighted by Gasteiger charge is -2.38. The molecule has 16 heavy (non-hydrogen) atoms. The Labute approximate surface area is 102 Å². The van der Waals surface area contributed by atoms with Gasteiger partial charge in [-0.15, -0.1) is 11.6 Å². The molecule has 0 aromatic rings. The smallest absolute Gasteiger partial charge is 0.226 e. The van der Waals surface area contributed by atoms with Gasteiger partial charge in [0, 0.05) is 12.5 Å². The maximum absolute atomic E-state index is 12.3. The summed E-state index contributed by atoms with van der Waals surface area (Å²) in [5.74, 6) is 1.55. The van der Waals surface area contributed by atoms with E-state index in [0.717, 1.165) is 0 Å². The van der Waals surface area contributed by atoms with Crippen molar-refractivity contribution in [1.29, 1.82) is 0 Å². The van der Waals surface area contributed by atoms with Crippen LogP contribution < -0.4 is 0 Å². The lowest BCUT2D eigenvalue weighted by Crippen LogP contribution is -2.53. The van der Waals surface area contributed by atoms with Crippen LogP contribution in [0.4, 0.5) is 0 Å². The van der Waals surface area contributed by atoms with Crippen LogP contribution in [0.5, 0.6) is 0 Å². The maximum atomic E-state index is 12.3. The van der Waals surface area contributed by atoms with E-state index in [1.807, 2.05) is 11.8 Å². The van der Waals surface area contributed by atoms with Crippen molar-refractivity contribution in [3.05, 3.63) is 0 Å². The number of ether oxygens (including phenoxy) is 1. The first-order chi connectivity index (χ1) is 7.63. The molecular formula is C12H20ClNO2. The highest BCUT2D eigenvalue weighted by atomic mass is 35.5. The highest BCUT2D eigenvalue weighted by Crippen LogP contribution is 2.37. The summed E-state index contributed by atoms with van der Waals surface area (Å²) in [6, 6.07) is 0.188. The van der Waals surface area contributed by atoms with Crippen LogP contribution in [0.1, 0.15) is 26.7 Å². The number of hydrogen-bond donors (Lipinski definition) is 0. The van der Waals surface area contributed by atoms with Crippen molar-refractivity contribution in [2.24, 2.45) is 11.8 Å². The summed E-state index contributed by atoms with van der Waals surface area (Å²) in [6.45, 7) is 5.36. The van der Waals surface area contributed by atoms with E-state index < -0.39 is 0 Å². The Hall–Kier alpha value is -0.280. The number of rotatable bonds is 3. The van der Waals surface area contributed by atoms with Gasteiger partial charge < -0.3 is 9.64 Å². The fourth-order valence-corrected chi connectivity index (χ4v) is 2.46. The second-order valence-corrected chi connectivity index (χ2v) is 5.38. The standard InChI is InChI=1S/C12H20ClNO2/c1-8-7-16-11(5-13)6-14(8)12(15)9(2)10-3-4-10/h8-11H,3-7H2,1-2H3. The topological polar surface area (TPSA) is 29.5 Å². The number of alkyl halides is 1. The summed E-state index contributed by atoms with van der Waals surface area (Å²) in [4.78, 5) is 14.2. The molecule has 0 N–H and O–H groups in total. The molecule has 1 aliphatic carbocycles. The minimum absolute atomic E-state index is 0.00761. The molecule has 0 aromatic heterocycles. The summed E-state index contributed by atoms with van der Waals surface area (Å²) in [5, 5.41) is 0. The Morgan fingerprint density at radius 2 is 2.25 bits per heavy atom. The van der Waals surface area contributed by atoms with Crippen molar-refractivity contribution in [1.82, 2.24) is 4.90 Å². The van der Waals surface area contributed by atoms with Gasteiger partial charge in [0.15, 0.2) is 0 Å². The molecule has 2 rings (SSSR count). The van der Waals surface area contributed by atoms with Crippen LogP contribution in [0, 0.1) is 11.8 Å². The highest BCUT2D eigenvalue weighted by molar-refractivity contribution is 6.18. The predicted molar refractivity (Wildman–Crippen MR) is 63.5 cm³/mol. The number of nitrogens with zero attached hydrogens (tertiary/aromatic N) is 1. The Morgan fingerprint density at radius 1 is 1.56 bits per heavy atom. The van der Waals surface area contributed by atoms with Gasteiger partial charge in [-0.2, -0.15) is 0 Å². The van der Waals surface area contributed by atoms with E-state index in [0.29, 0.717) is 24.9 Å². The largest absolute Gasteiger partial charge is 0.373 e. The van der Waals surface area contributed by atoms with Crippen molar-refractivity contribution < 1.29 is 9.53 Å². The molecule has 1 saturated heterocycles. The van der Waals surface area contributed by atoms with E-state index in [1.165, 1.54) is 12.8 Å². The Balaban J connectivity index is 1.96.